The number of nitrogens with zero attached hydrogens (tertiary/aromatic N) is 3. The SMILES string of the molecule is [2H]c1c([2H])c(C)c(Cl)c(N2C([2H])([2H])C([2H])([2H])N(C([2H])([2H])CC3([2H])C([2H])([2H])C([2H])([2H])C([2H])(NC(=O)N(C)C)C([2H])([2H])C3([2H])[2H])C([2H])([2H])C2([2H])[2H])c1[2H]. The molecule has 156 valence electrons. The molecule has 0 aromatic heterocycles. The largest absolute Gasteiger partial charge is 0.368 e. The normalized spacial score (nSPS) is 55.7. The second kappa shape index (κ2) is 9.84. The monoisotopic (exact) mass is 429 g/mol. The molecule has 0 bridgehead atoms. The van der Waals surface area contributed by atoms with Crippen LogP contribution < -0.4 is 10.2 Å². The van der Waals surface area contributed by atoms with Crippen LogP contribution in [0.4, 0.5) is 10.5 Å². The van der Waals surface area contributed by atoms with Crippen molar-refractivity contribution in [1.29, 1.82) is 0 Å². The summed E-state index contributed by atoms with van der Waals surface area (Å²) < 4.78 is 198. The van der Waals surface area contributed by atoms with Gasteiger partial charge in [0.15, 0.2) is 0 Å². The highest BCUT2D eigenvalue weighted by Crippen LogP contribution is 2.30. The van der Waals surface area contributed by atoms with E-state index < -0.39 is 116 Å². The number of anilines is 1. The Labute approximate surface area is 207 Å². The summed E-state index contributed by atoms with van der Waals surface area (Å²) in [6, 6.07) is -7.99. The molecule has 0 atom stereocenters. The number of urea groups is 1. The van der Waals surface area contributed by atoms with Gasteiger partial charge in [0.25, 0.3) is 0 Å². The van der Waals surface area contributed by atoms with Gasteiger partial charge in [-0.2, -0.15) is 0 Å². The molecule has 1 saturated heterocycles. The second-order valence-corrected chi connectivity index (χ2v) is 6.17. The van der Waals surface area contributed by atoms with Gasteiger partial charge in [-0.05, 0) is 62.8 Å². The molecule has 0 spiro atoms. The number of halogens is 1. The summed E-state index contributed by atoms with van der Waals surface area (Å²) in [6.07, 6.45) is -18.9. The maximum atomic E-state index is 12.5. The predicted molar refractivity (Wildman–Crippen MR) is 117 cm³/mol. The smallest absolute Gasteiger partial charge is 0.317 e. The van der Waals surface area contributed by atoms with Crippen LogP contribution in [0, 0.1) is 12.8 Å². The summed E-state index contributed by atoms with van der Waals surface area (Å²) in [4.78, 5) is 12.2. The lowest BCUT2D eigenvalue weighted by molar-refractivity contribution is 0.194. The van der Waals surface area contributed by atoms with E-state index in [0.717, 1.165) is 21.0 Å². The maximum absolute atomic E-state index is 12.5. The zero-order valence-corrected chi connectivity index (χ0v) is 16.1. The average molecular weight is 430 g/mol. The Morgan fingerprint density at radius 1 is 1.32 bits per heavy atom. The number of nitrogens with one attached hydrogen (secondary N) is 1. The highest BCUT2D eigenvalue weighted by Gasteiger charge is 2.24. The van der Waals surface area contributed by atoms with Gasteiger partial charge in [0.05, 0.1) is 21.7 Å². The van der Waals surface area contributed by atoms with E-state index in [0.29, 0.717) is 4.90 Å². The van der Waals surface area contributed by atoms with Gasteiger partial charge in [-0.25, -0.2) is 4.79 Å². The number of benzene rings is 1. The molecule has 1 aromatic carbocycles. The minimum atomic E-state index is -4.23. The Morgan fingerprint density at radius 2 is 2.00 bits per heavy atom. The zero-order valence-electron chi connectivity index (χ0n) is 38.3. The minimum absolute atomic E-state index is 0.281. The number of carbonyl (C=O) groups excluding carboxylic acids is 1. The number of amides is 2. The third-order valence-electron chi connectivity index (χ3n) is 3.47. The first-order chi connectivity index (χ1) is 22.2. The Bertz CT molecular complexity index is 1530. The van der Waals surface area contributed by atoms with Crippen molar-refractivity contribution in [3.63, 3.8) is 0 Å². The van der Waals surface area contributed by atoms with Crippen LogP contribution in [0.2, 0.25) is 5.02 Å². The molecule has 2 fully saturated rings. The predicted octanol–water partition coefficient (Wildman–Crippen LogP) is 3.99. The van der Waals surface area contributed by atoms with Crippen molar-refractivity contribution in [1.82, 2.24) is 15.1 Å². The lowest BCUT2D eigenvalue weighted by atomic mass is 9.84. The summed E-state index contributed by atoms with van der Waals surface area (Å²) >= 11 is 6.26. The van der Waals surface area contributed by atoms with E-state index in [-0.39, 0.29) is 10.5 Å². The third-order valence-corrected chi connectivity index (χ3v) is 3.93. The van der Waals surface area contributed by atoms with Gasteiger partial charge in [-0.15, -0.1) is 0 Å². The van der Waals surface area contributed by atoms with Gasteiger partial charge < -0.3 is 15.1 Å². The molecule has 0 radical (unpaired) electrons. The number of rotatable bonds is 5. The van der Waals surface area contributed by atoms with Crippen LogP contribution in [0.15, 0.2) is 18.1 Å². The van der Waals surface area contributed by atoms with E-state index in [1.54, 1.807) is 5.32 Å². The van der Waals surface area contributed by atoms with Gasteiger partial charge >= 0.3 is 6.03 Å². The first kappa shape index (κ1) is 6.52. The Morgan fingerprint density at radius 3 is 2.64 bits per heavy atom. The summed E-state index contributed by atoms with van der Waals surface area (Å²) in [7, 11) is 2.16. The van der Waals surface area contributed by atoms with Crippen molar-refractivity contribution in [3.05, 3.63) is 28.7 Å². The first-order valence-corrected chi connectivity index (χ1v) is 8.44. The van der Waals surface area contributed by atoms with Crippen LogP contribution in [0.1, 0.15) is 69.0 Å². The second-order valence-electron chi connectivity index (χ2n) is 5.79. The standard InChI is InChI=1S/C22H35ClN4O/c1-17-5-4-6-20(21(17)23)27-15-13-26(14-16-27)12-11-18-7-9-19(10-8-18)24-22(28)25(2)3/h4-6,18-19H,7-16H2,1-3H3,(H,24,28)/i4D,5D,6D,7D2,8D2,9D2,10D2,12D2,13D2,14D2,15D2,16D2,18D,19D. The van der Waals surface area contributed by atoms with E-state index in [1.807, 2.05) is 0 Å². The molecule has 2 aliphatic rings. The van der Waals surface area contributed by atoms with Gasteiger partial charge in [-0.3, -0.25) is 4.90 Å². The fraction of sp³-hybridized carbons (Fsp3) is 0.682. The van der Waals surface area contributed by atoms with Crippen molar-refractivity contribution in [2.75, 3.05) is 51.5 Å². The van der Waals surface area contributed by atoms with Crippen LogP contribution in [0.25, 0.3) is 0 Å². The molecule has 3 rings (SSSR count). The summed E-state index contributed by atoms with van der Waals surface area (Å²) in [6.45, 7) is -19.4. The molecule has 1 aliphatic heterocycles. The van der Waals surface area contributed by atoms with Crippen molar-refractivity contribution < 1.29 is 36.3 Å². The van der Waals surface area contributed by atoms with Crippen molar-refractivity contribution in [2.45, 2.75) is 44.9 Å². The summed E-state index contributed by atoms with van der Waals surface area (Å²) in [5.41, 5.74) is -1.41. The molecular weight excluding hydrogens is 372 g/mol. The van der Waals surface area contributed by atoms with E-state index in [1.165, 1.54) is 0 Å². The third kappa shape index (κ3) is 5.54. The zero-order chi connectivity index (χ0) is 40.7. The van der Waals surface area contributed by atoms with Crippen LogP contribution in [-0.4, -0.2) is 68.4 Å². The van der Waals surface area contributed by atoms with Crippen LogP contribution >= 0.6 is 11.6 Å². The fourth-order valence-corrected chi connectivity index (χ4v) is 2.12. The number of hydrogen-bond donors (Lipinski definition) is 1. The molecule has 0 unspecified atom stereocenters. The quantitative estimate of drug-likeness (QED) is 0.768. The Balaban J connectivity index is 2.35. The average Bonchev–Trinajstić information content (AvgIpc) is 2.94. The van der Waals surface area contributed by atoms with E-state index in [4.69, 9.17) is 43.1 Å². The van der Waals surface area contributed by atoms with Gasteiger partial charge in [0.2, 0.25) is 0 Å². The molecule has 1 N–H and O–H groups in total. The highest BCUT2D eigenvalue weighted by atomic mass is 35.5. The molecule has 1 aliphatic carbocycles. The highest BCUT2D eigenvalue weighted by molar-refractivity contribution is 6.34. The van der Waals surface area contributed by atoms with Crippen LogP contribution in [-0.2, 0) is 0 Å². The molecule has 1 heterocycles. The van der Waals surface area contributed by atoms with E-state index >= 15 is 0 Å². The Hall–Kier alpha value is -1.46. The lowest BCUT2D eigenvalue weighted by Gasteiger charge is -2.37. The van der Waals surface area contributed by atoms with Crippen LogP contribution in [0.5, 0.6) is 0 Å². The molecule has 28 heavy (non-hydrogen) atoms. The van der Waals surface area contributed by atoms with Crippen molar-refractivity contribution >= 4 is 23.3 Å². The van der Waals surface area contributed by atoms with Crippen LogP contribution in [0.3, 0.4) is 0 Å². The molecule has 1 saturated carbocycles. The summed E-state index contributed by atoms with van der Waals surface area (Å²) in [5.74, 6) is -4.13. The van der Waals surface area contributed by atoms with Crippen molar-refractivity contribution in [2.24, 2.45) is 5.89 Å². The van der Waals surface area contributed by atoms with Gasteiger partial charge in [0.1, 0.15) is 0 Å². The molecule has 6 heteroatoms. The van der Waals surface area contributed by atoms with E-state index in [9.17, 15) is 4.79 Å². The molecular formula is C22H35ClN4O. The molecule has 5 nitrogen and oxygen atoms in total. The Kier molecular flexibility index (Phi) is 2.29. The fourth-order valence-electron chi connectivity index (χ4n) is 1.94. The number of hydrogen-bond acceptors (Lipinski definition) is 3. The number of carbonyl (C=O) groups is 1. The lowest BCUT2D eigenvalue weighted by Crippen LogP contribution is -2.47. The van der Waals surface area contributed by atoms with Crippen molar-refractivity contribution in [3.8, 4) is 0 Å². The van der Waals surface area contributed by atoms with Gasteiger partial charge in [-0.1, -0.05) is 23.7 Å². The maximum Gasteiger partial charge on any atom is 0.317 e. The first-order valence-electron chi connectivity index (χ1n) is 19.6. The molecule has 1 aromatic rings. The van der Waals surface area contributed by atoms with E-state index in [2.05, 4.69) is 0 Å². The summed E-state index contributed by atoms with van der Waals surface area (Å²) in [5, 5.41) is 0.845. The van der Waals surface area contributed by atoms with Gasteiger partial charge in [0, 0.05) is 66.7 Å². The topological polar surface area (TPSA) is 38.8 Å². The minimum Gasteiger partial charge on any atom is -0.368 e. The number of piperazine rings is 1. The molecule has 2 amide bonds.